The number of β-amino-alcohol motifs (C(OH)–C–C–N with tert-alkyl or cyclic N) is 1. The number of carbonyl (C=O) groups is 1. The summed E-state index contributed by atoms with van der Waals surface area (Å²) in [7, 11) is 0. The van der Waals surface area contributed by atoms with Crippen molar-refractivity contribution in [3.05, 3.63) is 45.5 Å². The van der Waals surface area contributed by atoms with Crippen molar-refractivity contribution in [2.24, 2.45) is 5.73 Å². The molecule has 2 aromatic rings. The molecule has 2 aromatic heterocycles. The molecule has 1 aliphatic heterocycles. The number of aromatic nitrogens is 2. The van der Waals surface area contributed by atoms with Crippen molar-refractivity contribution in [1.82, 2.24) is 9.55 Å². The summed E-state index contributed by atoms with van der Waals surface area (Å²) in [5.74, 6) is -2.01. The molecule has 1 atom stereocenters. The Labute approximate surface area is 159 Å². The first kappa shape index (κ1) is 18.6. The maximum Gasteiger partial charge on any atom is 0.341 e. The molecule has 4 rings (SSSR count). The summed E-state index contributed by atoms with van der Waals surface area (Å²) >= 11 is 0. The molecule has 0 bridgehead atoms. The Bertz CT molecular complexity index is 1040. The van der Waals surface area contributed by atoms with E-state index in [1.54, 1.807) is 15.5 Å². The minimum Gasteiger partial charge on any atom is -0.477 e. The number of hydrogen-bond donors (Lipinski definition) is 3. The van der Waals surface area contributed by atoms with Gasteiger partial charge in [-0.25, -0.2) is 14.2 Å². The lowest BCUT2D eigenvalue weighted by molar-refractivity contribution is 0.0695. The number of nitrogens with two attached hydrogens (primary N) is 1. The standard InChI is InChI=1S/C19H21FN4O4/c20-14-7-12-16(26)13(19(27)28)8-24(11-1-2-11)17(12)22-18(14)23-6-4-10(3-5-21)15(25)9-23/h3,7-8,11,15,25H,1-2,4-6,9,21H2,(H,27,28)/b10-3-. The van der Waals surface area contributed by atoms with Gasteiger partial charge in [0.1, 0.15) is 11.2 Å². The number of halogens is 1. The molecule has 28 heavy (non-hydrogen) atoms. The molecular weight excluding hydrogens is 367 g/mol. The highest BCUT2D eigenvalue weighted by Gasteiger charge is 2.30. The third-order valence-electron chi connectivity index (χ3n) is 5.28. The van der Waals surface area contributed by atoms with Crippen LogP contribution in [-0.4, -0.2) is 51.5 Å². The molecule has 0 radical (unpaired) electrons. The van der Waals surface area contributed by atoms with E-state index in [1.165, 1.54) is 6.20 Å². The van der Waals surface area contributed by atoms with Gasteiger partial charge < -0.3 is 25.4 Å². The van der Waals surface area contributed by atoms with Crippen LogP contribution in [0.3, 0.4) is 0 Å². The summed E-state index contributed by atoms with van der Waals surface area (Å²) in [6, 6.07) is 1.11. The number of pyridine rings is 2. The van der Waals surface area contributed by atoms with Crippen molar-refractivity contribution >= 4 is 22.8 Å². The first-order valence-corrected chi connectivity index (χ1v) is 9.21. The number of carboxylic acid groups (broad SMARTS) is 1. The first-order chi connectivity index (χ1) is 13.4. The van der Waals surface area contributed by atoms with E-state index in [0.29, 0.717) is 19.5 Å². The van der Waals surface area contributed by atoms with Crippen molar-refractivity contribution in [2.45, 2.75) is 31.4 Å². The molecule has 3 heterocycles. The monoisotopic (exact) mass is 388 g/mol. The first-order valence-electron chi connectivity index (χ1n) is 9.21. The lowest BCUT2D eigenvalue weighted by atomic mass is 10.0. The van der Waals surface area contributed by atoms with Crippen LogP contribution >= 0.6 is 0 Å². The van der Waals surface area contributed by atoms with Gasteiger partial charge in [0, 0.05) is 31.9 Å². The number of carboxylic acids is 1. The van der Waals surface area contributed by atoms with Crippen LogP contribution in [0, 0.1) is 5.82 Å². The van der Waals surface area contributed by atoms with E-state index in [4.69, 9.17) is 5.73 Å². The summed E-state index contributed by atoms with van der Waals surface area (Å²) < 4.78 is 16.5. The Morgan fingerprint density at radius 3 is 2.79 bits per heavy atom. The van der Waals surface area contributed by atoms with Gasteiger partial charge in [0.2, 0.25) is 5.43 Å². The van der Waals surface area contributed by atoms with Crippen LogP contribution in [0.15, 0.2) is 28.7 Å². The lowest BCUT2D eigenvalue weighted by Gasteiger charge is -2.33. The third-order valence-corrected chi connectivity index (χ3v) is 5.28. The highest BCUT2D eigenvalue weighted by atomic mass is 19.1. The summed E-state index contributed by atoms with van der Waals surface area (Å²) in [6.45, 7) is 0.954. The van der Waals surface area contributed by atoms with Crippen LogP contribution in [0.25, 0.3) is 11.0 Å². The molecule has 1 unspecified atom stereocenters. The number of fused-ring (bicyclic) bond motifs is 1. The average molecular weight is 388 g/mol. The van der Waals surface area contributed by atoms with Gasteiger partial charge in [0.05, 0.1) is 11.5 Å². The summed E-state index contributed by atoms with van der Waals surface area (Å²) in [4.78, 5) is 29.9. The second-order valence-electron chi connectivity index (χ2n) is 7.21. The Hall–Kier alpha value is -2.78. The maximum atomic E-state index is 14.8. The molecular formula is C19H21FN4O4. The largest absolute Gasteiger partial charge is 0.477 e. The Morgan fingerprint density at radius 2 is 2.18 bits per heavy atom. The number of anilines is 1. The van der Waals surface area contributed by atoms with Gasteiger partial charge in [-0.3, -0.25) is 4.79 Å². The number of aliphatic hydroxyl groups is 1. The molecule has 4 N–H and O–H groups in total. The smallest absolute Gasteiger partial charge is 0.341 e. The van der Waals surface area contributed by atoms with E-state index in [0.717, 1.165) is 24.5 Å². The minimum absolute atomic E-state index is 0.0469. The summed E-state index contributed by atoms with van der Waals surface area (Å²) in [6.07, 6.45) is 4.53. The fourth-order valence-corrected chi connectivity index (χ4v) is 3.67. The van der Waals surface area contributed by atoms with Crippen LogP contribution in [0.1, 0.15) is 35.7 Å². The second kappa shape index (κ2) is 6.99. The van der Waals surface area contributed by atoms with Gasteiger partial charge in [-0.05, 0) is 30.9 Å². The Morgan fingerprint density at radius 1 is 1.43 bits per heavy atom. The van der Waals surface area contributed by atoms with Gasteiger partial charge in [0.15, 0.2) is 11.6 Å². The van der Waals surface area contributed by atoms with Gasteiger partial charge in [-0.1, -0.05) is 6.08 Å². The minimum atomic E-state index is -1.34. The number of nitrogens with zero attached hydrogens (tertiary/aromatic N) is 3. The molecule has 0 aromatic carbocycles. The quantitative estimate of drug-likeness (QED) is 0.669. The number of aliphatic hydroxyl groups excluding tert-OH is 1. The molecule has 1 aliphatic carbocycles. The highest BCUT2D eigenvalue weighted by Crippen LogP contribution is 2.37. The zero-order valence-corrected chi connectivity index (χ0v) is 15.1. The number of piperidine rings is 1. The van der Waals surface area contributed by atoms with E-state index in [-0.39, 0.29) is 29.4 Å². The molecule has 8 nitrogen and oxygen atoms in total. The van der Waals surface area contributed by atoms with Gasteiger partial charge in [-0.2, -0.15) is 0 Å². The lowest BCUT2D eigenvalue weighted by Crippen LogP contribution is -2.41. The predicted molar refractivity (Wildman–Crippen MR) is 101 cm³/mol. The summed E-state index contributed by atoms with van der Waals surface area (Å²) in [5.41, 5.74) is 5.46. The Kier molecular flexibility index (Phi) is 4.64. The Balaban J connectivity index is 1.81. The zero-order chi connectivity index (χ0) is 20.0. The number of rotatable bonds is 4. The van der Waals surface area contributed by atoms with E-state index in [1.807, 2.05) is 0 Å². The zero-order valence-electron chi connectivity index (χ0n) is 15.1. The van der Waals surface area contributed by atoms with Crippen LogP contribution in [0.2, 0.25) is 0 Å². The molecule has 1 saturated heterocycles. The predicted octanol–water partition coefficient (Wildman–Crippen LogP) is 1.02. The molecule has 2 aliphatic rings. The fourth-order valence-electron chi connectivity index (χ4n) is 3.67. The molecule has 9 heteroatoms. The van der Waals surface area contributed by atoms with Crippen molar-refractivity contribution in [1.29, 1.82) is 0 Å². The van der Waals surface area contributed by atoms with Crippen molar-refractivity contribution in [3.8, 4) is 0 Å². The SMILES string of the molecule is NC/C=C1/CCN(c2nc3c(cc2F)c(=O)c(C(=O)O)cn3C2CC2)CC1O. The molecule has 0 amide bonds. The normalized spacial score (nSPS) is 21.5. The maximum absolute atomic E-state index is 14.8. The van der Waals surface area contributed by atoms with E-state index in [9.17, 15) is 24.2 Å². The van der Waals surface area contributed by atoms with E-state index >= 15 is 0 Å². The van der Waals surface area contributed by atoms with Crippen molar-refractivity contribution in [3.63, 3.8) is 0 Å². The van der Waals surface area contributed by atoms with Crippen LogP contribution in [0.4, 0.5) is 10.2 Å². The van der Waals surface area contributed by atoms with E-state index < -0.39 is 28.9 Å². The van der Waals surface area contributed by atoms with Crippen LogP contribution in [0.5, 0.6) is 0 Å². The number of aromatic carboxylic acids is 1. The van der Waals surface area contributed by atoms with Crippen LogP contribution < -0.4 is 16.1 Å². The van der Waals surface area contributed by atoms with Gasteiger partial charge >= 0.3 is 5.97 Å². The molecule has 2 fully saturated rings. The van der Waals surface area contributed by atoms with Crippen molar-refractivity contribution in [2.75, 3.05) is 24.5 Å². The number of hydrogen-bond acceptors (Lipinski definition) is 6. The average Bonchev–Trinajstić information content (AvgIpc) is 3.49. The van der Waals surface area contributed by atoms with Gasteiger partial charge in [-0.15, -0.1) is 0 Å². The fraction of sp³-hybridized carbons (Fsp3) is 0.421. The summed E-state index contributed by atoms with van der Waals surface area (Å²) in [5, 5.41) is 19.5. The topological polar surface area (TPSA) is 122 Å². The van der Waals surface area contributed by atoms with E-state index in [2.05, 4.69) is 4.98 Å². The third kappa shape index (κ3) is 3.16. The van der Waals surface area contributed by atoms with Crippen molar-refractivity contribution < 1.29 is 19.4 Å². The van der Waals surface area contributed by atoms with Gasteiger partial charge in [0.25, 0.3) is 0 Å². The second-order valence-corrected chi connectivity index (χ2v) is 7.21. The molecule has 148 valence electrons. The molecule has 0 spiro atoms. The molecule has 1 saturated carbocycles. The van der Waals surface area contributed by atoms with Crippen LogP contribution in [-0.2, 0) is 0 Å². The highest BCUT2D eigenvalue weighted by molar-refractivity contribution is 5.92.